The molecule has 98 valence electrons. The summed E-state index contributed by atoms with van der Waals surface area (Å²) in [6.07, 6.45) is 0.694. The van der Waals surface area contributed by atoms with Crippen LogP contribution < -0.4 is 0 Å². The predicted octanol–water partition coefficient (Wildman–Crippen LogP) is 4.79. The minimum atomic E-state index is 0.182. The zero-order valence-corrected chi connectivity index (χ0v) is 12.2. The van der Waals surface area contributed by atoms with Gasteiger partial charge in [-0.05, 0) is 34.6 Å². The van der Waals surface area contributed by atoms with Gasteiger partial charge in [0.2, 0.25) is 0 Å². The SMILES string of the molecule is OCC/C(=C/Sc1ccccc1)Sc1ccccc1. The van der Waals surface area contributed by atoms with Gasteiger partial charge in [0, 0.05) is 22.8 Å². The van der Waals surface area contributed by atoms with E-state index in [0.29, 0.717) is 6.42 Å². The van der Waals surface area contributed by atoms with Gasteiger partial charge in [-0.3, -0.25) is 0 Å². The molecule has 0 radical (unpaired) electrons. The molecule has 0 aromatic heterocycles. The zero-order valence-electron chi connectivity index (χ0n) is 10.5. The highest BCUT2D eigenvalue weighted by Gasteiger charge is 2.01. The highest BCUT2D eigenvalue weighted by atomic mass is 32.2. The van der Waals surface area contributed by atoms with E-state index in [-0.39, 0.29) is 6.61 Å². The van der Waals surface area contributed by atoms with E-state index >= 15 is 0 Å². The Morgan fingerprint density at radius 1 is 0.895 bits per heavy atom. The van der Waals surface area contributed by atoms with Gasteiger partial charge >= 0.3 is 0 Å². The lowest BCUT2D eigenvalue weighted by molar-refractivity contribution is 0.302. The van der Waals surface area contributed by atoms with Gasteiger partial charge in [-0.15, -0.1) is 0 Å². The van der Waals surface area contributed by atoms with E-state index in [2.05, 4.69) is 29.7 Å². The van der Waals surface area contributed by atoms with Gasteiger partial charge in [0.05, 0.1) is 0 Å². The van der Waals surface area contributed by atoms with Crippen LogP contribution in [0, 0.1) is 0 Å². The predicted molar refractivity (Wildman–Crippen MR) is 84.4 cm³/mol. The second-order valence-electron chi connectivity index (χ2n) is 3.90. The summed E-state index contributed by atoms with van der Waals surface area (Å²) in [5, 5.41) is 11.3. The quantitative estimate of drug-likeness (QED) is 0.771. The highest BCUT2D eigenvalue weighted by molar-refractivity contribution is 8.06. The second kappa shape index (κ2) is 8.10. The summed E-state index contributed by atoms with van der Waals surface area (Å²) in [5.74, 6) is 0. The number of aliphatic hydroxyl groups excluding tert-OH is 1. The molecule has 0 aliphatic rings. The van der Waals surface area contributed by atoms with Crippen LogP contribution in [0.2, 0.25) is 0 Å². The Bertz CT molecular complexity index is 509. The van der Waals surface area contributed by atoms with E-state index in [1.165, 1.54) is 14.7 Å². The molecule has 0 unspecified atom stereocenters. The van der Waals surface area contributed by atoms with Crippen LogP contribution in [0.4, 0.5) is 0 Å². The molecule has 0 amide bonds. The molecule has 0 saturated heterocycles. The minimum Gasteiger partial charge on any atom is -0.396 e. The Morgan fingerprint density at radius 3 is 2.05 bits per heavy atom. The Labute approximate surface area is 122 Å². The summed E-state index contributed by atoms with van der Waals surface area (Å²) in [7, 11) is 0. The maximum absolute atomic E-state index is 9.15. The van der Waals surface area contributed by atoms with E-state index in [1.807, 2.05) is 36.4 Å². The number of benzene rings is 2. The number of thioether (sulfide) groups is 2. The van der Waals surface area contributed by atoms with E-state index in [0.717, 1.165) is 0 Å². The van der Waals surface area contributed by atoms with Gasteiger partial charge in [0.25, 0.3) is 0 Å². The van der Waals surface area contributed by atoms with Crippen LogP contribution >= 0.6 is 23.5 Å². The summed E-state index contributed by atoms with van der Waals surface area (Å²) in [5.41, 5.74) is 0. The van der Waals surface area contributed by atoms with Crippen LogP contribution in [0.15, 0.2) is 80.8 Å². The van der Waals surface area contributed by atoms with Crippen molar-refractivity contribution in [3.05, 3.63) is 71.0 Å². The Hall–Kier alpha value is -1.16. The summed E-state index contributed by atoms with van der Waals surface area (Å²) in [6, 6.07) is 20.5. The molecular weight excluding hydrogens is 272 g/mol. The average Bonchev–Trinajstić information content (AvgIpc) is 2.47. The first-order chi connectivity index (χ1) is 9.38. The molecule has 0 bridgehead atoms. The smallest absolute Gasteiger partial charge is 0.0476 e. The molecule has 0 fully saturated rings. The van der Waals surface area contributed by atoms with Crippen molar-refractivity contribution < 1.29 is 5.11 Å². The monoisotopic (exact) mass is 288 g/mol. The van der Waals surface area contributed by atoms with Gasteiger partial charge in [-0.1, -0.05) is 59.9 Å². The lowest BCUT2D eigenvalue weighted by Gasteiger charge is -2.05. The van der Waals surface area contributed by atoms with Gasteiger partial charge in [-0.25, -0.2) is 0 Å². The normalized spacial score (nSPS) is 11.5. The fourth-order valence-corrected chi connectivity index (χ4v) is 3.34. The average molecular weight is 288 g/mol. The summed E-state index contributed by atoms with van der Waals surface area (Å²) in [6.45, 7) is 0.182. The Morgan fingerprint density at radius 2 is 1.47 bits per heavy atom. The largest absolute Gasteiger partial charge is 0.396 e. The molecule has 19 heavy (non-hydrogen) atoms. The molecule has 0 spiro atoms. The van der Waals surface area contributed by atoms with Crippen LogP contribution in [0.1, 0.15) is 6.42 Å². The summed E-state index contributed by atoms with van der Waals surface area (Å²) < 4.78 is 0. The van der Waals surface area contributed by atoms with Crippen molar-refractivity contribution >= 4 is 23.5 Å². The van der Waals surface area contributed by atoms with E-state index in [1.54, 1.807) is 23.5 Å². The number of rotatable bonds is 6. The van der Waals surface area contributed by atoms with Gasteiger partial charge in [0.15, 0.2) is 0 Å². The number of hydrogen-bond donors (Lipinski definition) is 1. The molecule has 0 heterocycles. The first-order valence-electron chi connectivity index (χ1n) is 6.13. The lowest BCUT2D eigenvalue weighted by atomic mass is 10.4. The fourth-order valence-electron chi connectivity index (χ4n) is 1.52. The van der Waals surface area contributed by atoms with Gasteiger partial charge in [-0.2, -0.15) is 0 Å². The molecule has 2 rings (SSSR count). The molecule has 0 saturated carbocycles. The van der Waals surface area contributed by atoms with Crippen molar-refractivity contribution in [1.82, 2.24) is 0 Å². The number of aliphatic hydroxyl groups is 1. The summed E-state index contributed by atoms with van der Waals surface area (Å²) >= 11 is 3.41. The molecular formula is C16H16OS2. The molecule has 2 aromatic rings. The third-order valence-electron chi connectivity index (χ3n) is 2.42. The van der Waals surface area contributed by atoms with Crippen LogP contribution in [0.5, 0.6) is 0 Å². The van der Waals surface area contributed by atoms with Crippen molar-refractivity contribution in [2.45, 2.75) is 16.2 Å². The van der Waals surface area contributed by atoms with Gasteiger partial charge in [0.1, 0.15) is 0 Å². The first-order valence-corrected chi connectivity index (χ1v) is 7.82. The van der Waals surface area contributed by atoms with Crippen LogP contribution in [0.3, 0.4) is 0 Å². The van der Waals surface area contributed by atoms with Crippen LogP contribution in [-0.2, 0) is 0 Å². The topological polar surface area (TPSA) is 20.2 Å². The summed E-state index contributed by atoms with van der Waals surface area (Å²) in [4.78, 5) is 3.60. The fraction of sp³-hybridized carbons (Fsp3) is 0.125. The van der Waals surface area contributed by atoms with Crippen molar-refractivity contribution in [2.75, 3.05) is 6.61 Å². The minimum absolute atomic E-state index is 0.182. The molecule has 0 atom stereocenters. The lowest BCUT2D eigenvalue weighted by Crippen LogP contribution is -1.84. The highest BCUT2D eigenvalue weighted by Crippen LogP contribution is 2.32. The molecule has 0 aliphatic carbocycles. The Kier molecular flexibility index (Phi) is 6.08. The van der Waals surface area contributed by atoms with Crippen molar-refractivity contribution in [3.8, 4) is 0 Å². The van der Waals surface area contributed by atoms with E-state index in [9.17, 15) is 0 Å². The first kappa shape index (κ1) is 14.3. The molecule has 1 nitrogen and oxygen atoms in total. The molecule has 2 aromatic carbocycles. The third kappa shape index (κ3) is 5.15. The van der Waals surface area contributed by atoms with Crippen molar-refractivity contribution in [1.29, 1.82) is 0 Å². The maximum Gasteiger partial charge on any atom is 0.0476 e. The van der Waals surface area contributed by atoms with Gasteiger partial charge < -0.3 is 5.11 Å². The van der Waals surface area contributed by atoms with Crippen LogP contribution in [0.25, 0.3) is 0 Å². The molecule has 0 aliphatic heterocycles. The standard InChI is InChI=1S/C16H16OS2/c17-12-11-16(19-15-9-5-2-6-10-15)13-18-14-7-3-1-4-8-14/h1-10,13,17H,11-12H2/b16-13-. The van der Waals surface area contributed by atoms with Crippen molar-refractivity contribution in [2.24, 2.45) is 0 Å². The molecule has 1 N–H and O–H groups in total. The van der Waals surface area contributed by atoms with Crippen LogP contribution in [-0.4, -0.2) is 11.7 Å². The van der Waals surface area contributed by atoms with E-state index in [4.69, 9.17) is 5.11 Å². The zero-order chi connectivity index (χ0) is 13.3. The van der Waals surface area contributed by atoms with Crippen molar-refractivity contribution in [3.63, 3.8) is 0 Å². The number of hydrogen-bond acceptors (Lipinski definition) is 3. The third-order valence-corrected chi connectivity index (χ3v) is 4.61. The molecule has 3 heteroatoms. The van der Waals surface area contributed by atoms with E-state index < -0.39 is 0 Å². The maximum atomic E-state index is 9.15. The Balaban J connectivity index is 2.03. The second-order valence-corrected chi connectivity index (χ2v) is 6.05.